The Morgan fingerprint density at radius 3 is 2.61 bits per heavy atom. The fourth-order valence-electron chi connectivity index (χ4n) is 2.74. The van der Waals surface area contributed by atoms with E-state index < -0.39 is 10.0 Å². The highest BCUT2D eigenvalue weighted by Gasteiger charge is 2.16. The number of nitrogens with two attached hydrogens (primary N) is 1. The summed E-state index contributed by atoms with van der Waals surface area (Å²) in [6.07, 6.45) is 1.70. The monoisotopic (exact) mass is 622 g/mol. The molecule has 0 saturated carbocycles. The van der Waals surface area contributed by atoms with Gasteiger partial charge in [0, 0.05) is 23.6 Å². The van der Waals surface area contributed by atoms with Crippen molar-refractivity contribution in [3.8, 4) is 5.75 Å². The molecule has 0 radical (unpaired) electrons. The summed E-state index contributed by atoms with van der Waals surface area (Å²) in [5, 5.41) is 7.23. The summed E-state index contributed by atoms with van der Waals surface area (Å²) in [5.74, 6) is 0.455. The molecule has 8 nitrogen and oxygen atoms in total. The zero-order chi connectivity index (χ0) is 24.4. The molecule has 0 aliphatic heterocycles. The Hall–Kier alpha value is -1.83. The number of nitrogens with one attached hydrogen (secondary N) is 1. The number of rotatable bonds is 11. The van der Waals surface area contributed by atoms with Crippen molar-refractivity contribution in [3.63, 3.8) is 0 Å². The lowest BCUT2D eigenvalue weighted by atomic mass is 10.2. The predicted molar refractivity (Wildman–Crippen MR) is 144 cm³/mol. The van der Waals surface area contributed by atoms with Gasteiger partial charge in [-0.1, -0.05) is 40.3 Å². The number of halogens is 2. The van der Waals surface area contributed by atoms with Crippen molar-refractivity contribution in [1.29, 1.82) is 5.41 Å². The molecule has 0 fully saturated rings. The quantitative estimate of drug-likeness (QED) is 0.125. The number of ether oxygens (including phenoxy) is 1. The molecule has 0 saturated heterocycles. The van der Waals surface area contributed by atoms with Gasteiger partial charge in [0.1, 0.15) is 5.75 Å². The van der Waals surface area contributed by atoms with E-state index in [1.54, 1.807) is 7.05 Å². The minimum absolute atomic E-state index is 0.0598. The number of carbonyl (C=O) groups excluding carboxylic acids is 1. The first-order valence-corrected chi connectivity index (χ1v) is 14.0. The van der Waals surface area contributed by atoms with E-state index in [9.17, 15) is 13.2 Å². The van der Waals surface area contributed by atoms with E-state index in [0.29, 0.717) is 41.2 Å². The van der Waals surface area contributed by atoms with E-state index in [1.165, 1.54) is 29.2 Å². The average molecular weight is 623 g/mol. The SMILES string of the molecule is CN(C(=O)CCCOc1ccc(CCI)cc1Cl)c1ccc(S(=O)(=O)N=C(N)SC=N)cc1. The third kappa shape index (κ3) is 8.47. The number of sulfonamides is 1. The van der Waals surface area contributed by atoms with Gasteiger partial charge in [0.25, 0.3) is 10.0 Å². The average Bonchev–Trinajstić information content (AvgIpc) is 2.77. The van der Waals surface area contributed by atoms with Crippen molar-refractivity contribution in [1.82, 2.24) is 0 Å². The van der Waals surface area contributed by atoms with Gasteiger partial charge in [-0.05, 0) is 66.6 Å². The highest BCUT2D eigenvalue weighted by Crippen LogP contribution is 2.26. The molecular formula is C21H24ClIN4O4S2. The van der Waals surface area contributed by atoms with Crippen LogP contribution < -0.4 is 15.4 Å². The first-order chi connectivity index (χ1) is 15.7. The minimum Gasteiger partial charge on any atom is -0.492 e. The second kappa shape index (κ2) is 13.2. The van der Waals surface area contributed by atoms with Gasteiger partial charge < -0.3 is 20.8 Å². The summed E-state index contributed by atoms with van der Waals surface area (Å²) in [6.45, 7) is 0.343. The number of thioether (sulfide) groups is 1. The number of anilines is 1. The lowest BCUT2D eigenvalue weighted by Crippen LogP contribution is -2.26. The van der Waals surface area contributed by atoms with Gasteiger partial charge in [0.2, 0.25) is 5.91 Å². The van der Waals surface area contributed by atoms with Crippen molar-refractivity contribution >= 4 is 78.3 Å². The lowest BCUT2D eigenvalue weighted by molar-refractivity contribution is -0.118. The molecule has 2 aromatic carbocycles. The van der Waals surface area contributed by atoms with Crippen LogP contribution in [0, 0.1) is 5.41 Å². The van der Waals surface area contributed by atoms with Crippen LogP contribution in [0.5, 0.6) is 5.75 Å². The third-order valence-corrected chi connectivity index (χ3v) is 7.16. The molecule has 0 spiro atoms. The summed E-state index contributed by atoms with van der Waals surface area (Å²) in [6, 6.07) is 11.5. The van der Waals surface area contributed by atoms with Crippen LogP contribution in [0.15, 0.2) is 51.8 Å². The van der Waals surface area contributed by atoms with Crippen LogP contribution in [-0.4, -0.2) is 43.1 Å². The van der Waals surface area contributed by atoms with E-state index in [1.807, 2.05) is 18.2 Å². The molecule has 1 amide bonds. The maximum absolute atomic E-state index is 12.5. The summed E-state index contributed by atoms with van der Waals surface area (Å²) in [7, 11) is -2.37. The molecule has 12 heteroatoms. The van der Waals surface area contributed by atoms with E-state index in [0.717, 1.165) is 22.0 Å². The summed E-state index contributed by atoms with van der Waals surface area (Å²) in [5.41, 5.74) is 8.04. The van der Waals surface area contributed by atoms with Gasteiger partial charge in [-0.3, -0.25) is 4.79 Å². The molecule has 33 heavy (non-hydrogen) atoms. The summed E-state index contributed by atoms with van der Waals surface area (Å²) < 4.78 is 34.6. The van der Waals surface area contributed by atoms with Crippen molar-refractivity contribution in [2.45, 2.75) is 24.2 Å². The van der Waals surface area contributed by atoms with E-state index in [-0.39, 0.29) is 22.4 Å². The van der Waals surface area contributed by atoms with E-state index in [2.05, 4.69) is 27.0 Å². The topological polar surface area (TPSA) is 126 Å². The number of benzene rings is 2. The van der Waals surface area contributed by atoms with Gasteiger partial charge in [-0.15, -0.1) is 4.40 Å². The van der Waals surface area contributed by atoms with E-state index >= 15 is 0 Å². The lowest BCUT2D eigenvalue weighted by Gasteiger charge is -2.18. The Labute approximate surface area is 216 Å². The van der Waals surface area contributed by atoms with Gasteiger partial charge in [-0.2, -0.15) is 8.42 Å². The number of amides is 1. The predicted octanol–water partition coefficient (Wildman–Crippen LogP) is 4.48. The highest BCUT2D eigenvalue weighted by atomic mass is 127. The van der Waals surface area contributed by atoms with Crippen LogP contribution in [0.3, 0.4) is 0 Å². The first kappa shape index (κ1) is 27.4. The van der Waals surface area contributed by atoms with Crippen LogP contribution in [-0.2, 0) is 21.2 Å². The van der Waals surface area contributed by atoms with Crippen LogP contribution in [0.2, 0.25) is 5.02 Å². The Balaban J connectivity index is 1.89. The number of hydrogen-bond acceptors (Lipinski definition) is 6. The number of nitrogens with zero attached hydrogens (tertiary/aromatic N) is 2. The third-order valence-electron chi connectivity index (χ3n) is 4.46. The molecule has 178 valence electrons. The molecule has 2 aromatic rings. The van der Waals surface area contributed by atoms with Crippen molar-refractivity contribution in [2.75, 3.05) is 23.0 Å². The smallest absolute Gasteiger partial charge is 0.284 e. The normalized spacial score (nSPS) is 11.8. The molecule has 0 atom stereocenters. The molecule has 3 N–H and O–H groups in total. The first-order valence-electron chi connectivity index (χ1n) is 9.77. The van der Waals surface area contributed by atoms with E-state index in [4.69, 9.17) is 27.5 Å². The van der Waals surface area contributed by atoms with Gasteiger partial charge >= 0.3 is 0 Å². The molecule has 2 rings (SSSR count). The van der Waals surface area contributed by atoms with Crippen LogP contribution >= 0.6 is 46.0 Å². The largest absolute Gasteiger partial charge is 0.492 e. The number of aryl methyl sites for hydroxylation is 1. The Morgan fingerprint density at radius 1 is 1.30 bits per heavy atom. The molecule has 0 aromatic heterocycles. The van der Waals surface area contributed by atoms with Gasteiger partial charge in [0.15, 0.2) is 5.17 Å². The Bertz CT molecular complexity index is 1110. The van der Waals surface area contributed by atoms with Gasteiger partial charge in [-0.25, -0.2) is 0 Å². The summed E-state index contributed by atoms with van der Waals surface area (Å²) >= 11 is 9.26. The molecular weight excluding hydrogens is 599 g/mol. The number of hydrogen-bond donors (Lipinski definition) is 2. The standard InChI is InChI=1S/C21H24ClIN4O4S2/c1-27(16-5-7-17(8-6-16)33(29,30)26-21(25)32-14-24)20(28)3-2-12-31-19-9-4-15(10-11-23)13-18(19)22/h4-9,13-14,24H,2-3,10-12H2,1H3,(H2,25,26). The Morgan fingerprint density at radius 2 is 2.00 bits per heavy atom. The zero-order valence-corrected chi connectivity index (χ0v) is 22.4. The van der Waals surface area contributed by atoms with Crippen molar-refractivity contribution in [2.24, 2.45) is 10.1 Å². The van der Waals surface area contributed by atoms with Crippen LogP contribution in [0.25, 0.3) is 0 Å². The Kier molecular flexibility index (Phi) is 10.9. The van der Waals surface area contributed by atoms with Crippen LogP contribution in [0.1, 0.15) is 18.4 Å². The molecule has 0 aliphatic rings. The second-order valence-electron chi connectivity index (χ2n) is 6.74. The maximum Gasteiger partial charge on any atom is 0.284 e. The van der Waals surface area contributed by atoms with Crippen molar-refractivity contribution < 1.29 is 17.9 Å². The number of alkyl halides is 1. The molecule has 0 unspecified atom stereocenters. The molecule has 0 bridgehead atoms. The van der Waals surface area contributed by atoms with Crippen molar-refractivity contribution in [3.05, 3.63) is 53.1 Å². The summed E-state index contributed by atoms with van der Waals surface area (Å²) in [4.78, 5) is 13.9. The number of carbonyl (C=O) groups is 1. The fraction of sp³-hybridized carbons (Fsp3) is 0.286. The minimum atomic E-state index is -3.99. The fourth-order valence-corrected chi connectivity index (χ4v) is 5.03. The second-order valence-corrected chi connectivity index (χ2v) is 10.7. The molecule has 0 aliphatic carbocycles. The number of amidine groups is 1. The zero-order valence-electron chi connectivity index (χ0n) is 17.8. The highest BCUT2D eigenvalue weighted by molar-refractivity contribution is 14.1. The maximum atomic E-state index is 12.5. The molecule has 0 heterocycles. The van der Waals surface area contributed by atoms with Crippen LogP contribution in [0.4, 0.5) is 5.69 Å². The van der Waals surface area contributed by atoms with Gasteiger partial charge in [0.05, 0.1) is 22.1 Å².